The number of Topliss-reactive ketones (excluding diaryl/α,β-unsaturated/α-hetero) is 2. The summed E-state index contributed by atoms with van der Waals surface area (Å²) < 4.78 is 5.36. The van der Waals surface area contributed by atoms with Crippen molar-refractivity contribution in [2.75, 3.05) is 0 Å². The van der Waals surface area contributed by atoms with E-state index >= 15 is 0 Å². The Kier molecular flexibility index (Phi) is 3.60. The molecule has 0 N–H and O–H groups in total. The summed E-state index contributed by atoms with van der Waals surface area (Å²) in [6.45, 7) is 12.5. The molecule has 0 radical (unpaired) electrons. The van der Waals surface area contributed by atoms with Gasteiger partial charge in [-0.1, -0.05) is 41.5 Å². The lowest BCUT2D eigenvalue weighted by Gasteiger charge is -2.31. The monoisotopic (exact) mass is 370 g/mol. The molecule has 0 unspecified atom stereocenters. The van der Waals surface area contributed by atoms with Crippen molar-refractivity contribution >= 4 is 17.5 Å². The second kappa shape index (κ2) is 5.21. The third-order valence-electron chi connectivity index (χ3n) is 9.31. The quantitative estimate of drug-likeness (QED) is 0.411. The van der Waals surface area contributed by atoms with E-state index in [9.17, 15) is 14.4 Å². The first-order valence-corrected chi connectivity index (χ1v) is 10.1. The molecule has 4 aliphatic carbocycles. The highest BCUT2D eigenvalue weighted by Crippen LogP contribution is 2.66. The normalized spacial score (nSPS) is 43.9. The summed E-state index contributed by atoms with van der Waals surface area (Å²) >= 11 is 0. The summed E-state index contributed by atoms with van der Waals surface area (Å²) in [4.78, 5) is 38.1. The number of hydrogen-bond acceptors (Lipinski definition) is 4. The minimum absolute atomic E-state index is 0.0815. The van der Waals surface area contributed by atoms with Gasteiger partial charge in [0.2, 0.25) is 0 Å². The van der Waals surface area contributed by atoms with Gasteiger partial charge in [0.15, 0.2) is 11.6 Å². The van der Waals surface area contributed by atoms with Gasteiger partial charge in [-0.2, -0.15) is 0 Å². The highest BCUT2D eigenvalue weighted by molar-refractivity contribution is 6.08. The van der Waals surface area contributed by atoms with Gasteiger partial charge in [-0.3, -0.25) is 9.59 Å². The molecule has 0 spiro atoms. The molecule has 0 amide bonds. The number of carbonyl (C=O) groups excluding carboxylic acids is 3. The Balaban J connectivity index is 1.55. The lowest BCUT2D eigenvalue weighted by Crippen LogP contribution is -2.32. The maximum atomic E-state index is 12.8. The summed E-state index contributed by atoms with van der Waals surface area (Å²) in [6, 6.07) is 0. The number of ether oxygens (including phenoxy) is 1. The highest BCUT2D eigenvalue weighted by atomic mass is 16.5. The smallest absolute Gasteiger partial charge is 0.335 e. The molecule has 0 aromatic heterocycles. The minimum atomic E-state index is -0.545. The molecule has 4 aliphatic rings. The first-order valence-electron chi connectivity index (χ1n) is 10.1. The third-order valence-corrected chi connectivity index (χ3v) is 9.31. The summed E-state index contributed by atoms with van der Waals surface area (Å²) in [6.07, 6.45) is 6.39. The van der Waals surface area contributed by atoms with Crippen molar-refractivity contribution in [2.24, 2.45) is 33.5 Å². The predicted octanol–water partition coefficient (Wildman–Crippen LogP) is 4.39. The molecule has 4 fully saturated rings. The van der Waals surface area contributed by atoms with Crippen LogP contribution in [-0.4, -0.2) is 17.5 Å². The molecule has 4 atom stereocenters. The van der Waals surface area contributed by atoms with Crippen LogP contribution in [0.15, 0.2) is 23.5 Å². The molecule has 146 valence electrons. The number of hydrogen-bond donors (Lipinski definition) is 0. The molecular formula is C23H30O4. The summed E-state index contributed by atoms with van der Waals surface area (Å²) in [5.41, 5.74) is 0.235. The van der Waals surface area contributed by atoms with E-state index in [-0.39, 0.29) is 45.1 Å². The summed E-state index contributed by atoms with van der Waals surface area (Å²) in [5, 5.41) is 0. The zero-order chi connectivity index (χ0) is 20.0. The van der Waals surface area contributed by atoms with Crippen molar-refractivity contribution in [3.63, 3.8) is 0 Å². The van der Waals surface area contributed by atoms with E-state index in [1.807, 2.05) is 13.8 Å². The molecule has 4 nitrogen and oxygen atoms in total. The van der Waals surface area contributed by atoms with Crippen molar-refractivity contribution in [3.8, 4) is 0 Å². The Bertz CT molecular complexity index is 827. The molecule has 4 saturated carbocycles. The average molecular weight is 370 g/mol. The number of carbonyl (C=O) groups is 3. The molecule has 0 aliphatic heterocycles. The molecule has 4 heteroatoms. The summed E-state index contributed by atoms with van der Waals surface area (Å²) in [7, 11) is 0. The van der Waals surface area contributed by atoms with E-state index in [1.165, 1.54) is 12.3 Å². The fourth-order valence-electron chi connectivity index (χ4n) is 6.44. The van der Waals surface area contributed by atoms with Crippen LogP contribution < -0.4 is 0 Å². The number of allylic oxidation sites excluding steroid dienone is 2. The molecule has 0 aromatic rings. The van der Waals surface area contributed by atoms with E-state index in [0.29, 0.717) is 11.1 Å². The fraction of sp³-hybridized carbons (Fsp3) is 0.696. The second-order valence-electron chi connectivity index (χ2n) is 10.6. The Morgan fingerprint density at radius 3 is 1.70 bits per heavy atom. The van der Waals surface area contributed by atoms with E-state index in [2.05, 4.69) is 27.7 Å². The molecule has 0 aromatic carbocycles. The van der Waals surface area contributed by atoms with Crippen molar-refractivity contribution in [2.45, 2.75) is 67.2 Å². The van der Waals surface area contributed by atoms with Gasteiger partial charge in [-0.05, 0) is 48.3 Å². The van der Waals surface area contributed by atoms with Gasteiger partial charge in [-0.25, -0.2) is 4.79 Å². The lowest BCUT2D eigenvalue weighted by molar-refractivity contribution is -0.133. The molecule has 4 bridgehead atoms. The molecule has 4 rings (SSSR count). The first kappa shape index (κ1) is 18.6. The first-order chi connectivity index (χ1) is 12.4. The van der Waals surface area contributed by atoms with Crippen LogP contribution in [0.2, 0.25) is 0 Å². The Morgan fingerprint density at radius 2 is 1.30 bits per heavy atom. The predicted molar refractivity (Wildman–Crippen MR) is 101 cm³/mol. The van der Waals surface area contributed by atoms with E-state index < -0.39 is 5.97 Å². The Labute approximate surface area is 161 Å². The van der Waals surface area contributed by atoms with Gasteiger partial charge in [0.05, 0.1) is 0 Å². The Morgan fingerprint density at radius 1 is 0.852 bits per heavy atom. The standard InChI is InChI=1S/C23H30O4/c1-20(2)15-7-9-22(20,5)18(25)13(15)11-17(24)27-12-14-16-8-10-23(6,19(14)26)21(16,3)4/h11-12,15-16H,7-10H2,1-6H3/b13-11-,14-12-/t15-,16+,22-,23-/m1/s1. The maximum Gasteiger partial charge on any atom is 0.335 e. The summed E-state index contributed by atoms with van der Waals surface area (Å²) in [5.74, 6) is -0.113. The van der Waals surface area contributed by atoms with Gasteiger partial charge in [0.25, 0.3) is 0 Å². The SMILES string of the molecule is CC1(C)[C@@H]2CC[C@]1(C)C(=O)/C2=C\C(=O)O/C=C1\C(=O)[C@@]2(C)CC[C@@H]1C2(C)C. The van der Waals surface area contributed by atoms with Crippen molar-refractivity contribution in [1.82, 2.24) is 0 Å². The number of esters is 1. The van der Waals surface area contributed by atoms with Gasteiger partial charge in [-0.15, -0.1) is 0 Å². The molecular weight excluding hydrogens is 340 g/mol. The second-order valence-corrected chi connectivity index (χ2v) is 10.6. The van der Waals surface area contributed by atoms with Gasteiger partial charge < -0.3 is 4.74 Å². The Hall–Kier alpha value is -1.71. The van der Waals surface area contributed by atoms with Crippen LogP contribution in [0.25, 0.3) is 0 Å². The molecule has 27 heavy (non-hydrogen) atoms. The van der Waals surface area contributed by atoms with Crippen molar-refractivity contribution in [1.29, 1.82) is 0 Å². The fourth-order valence-corrected chi connectivity index (χ4v) is 6.44. The van der Waals surface area contributed by atoms with E-state index in [0.717, 1.165) is 25.7 Å². The highest BCUT2D eigenvalue weighted by Gasteiger charge is 2.65. The maximum absolute atomic E-state index is 12.8. The number of fused-ring (bicyclic) bond motifs is 4. The van der Waals surface area contributed by atoms with Crippen LogP contribution in [0.1, 0.15) is 67.2 Å². The molecule has 0 saturated heterocycles. The molecule has 0 heterocycles. The van der Waals surface area contributed by atoms with Crippen LogP contribution in [0, 0.1) is 33.5 Å². The topological polar surface area (TPSA) is 60.4 Å². The third kappa shape index (κ3) is 2.02. The largest absolute Gasteiger partial charge is 0.431 e. The van der Waals surface area contributed by atoms with Gasteiger partial charge in [0, 0.05) is 28.1 Å². The number of ketones is 2. The van der Waals surface area contributed by atoms with E-state index in [1.54, 1.807) is 0 Å². The van der Waals surface area contributed by atoms with Gasteiger partial charge in [0.1, 0.15) is 6.26 Å². The lowest BCUT2D eigenvalue weighted by atomic mass is 9.70. The van der Waals surface area contributed by atoms with Crippen LogP contribution in [0.5, 0.6) is 0 Å². The van der Waals surface area contributed by atoms with Crippen LogP contribution in [0.4, 0.5) is 0 Å². The minimum Gasteiger partial charge on any atom is -0.431 e. The van der Waals surface area contributed by atoms with Crippen molar-refractivity contribution < 1.29 is 19.1 Å². The zero-order valence-corrected chi connectivity index (χ0v) is 17.3. The zero-order valence-electron chi connectivity index (χ0n) is 17.3. The average Bonchev–Trinajstić information content (AvgIpc) is 3.06. The van der Waals surface area contributed by atoms with Crippen molar-refractivity contribution in [3.05, 3.63) is 23.5 Å². The van der Waals surface area contributed by atoms with Crippen LogP contribution in [-0.2, 0) is 19.1 Å². The van der Waals surface area contributed by atoms with E-state index in [4.69, 9.17) is 4.74 Å². The van der Waals surface area contributed by atoms with Crippen LogP contribution in [0.3, 0.4) is 0 Å². The number of rotatable bonds is 2. The van der Waals surface area contributed by atoms with Crippen LogP contribution >= 0.6 is 0 Å². The van der Waals surface area contributed by atoms with Gasteiger partial charge >= 0.3 is 5.97 Å².